The van der Waals surface area contributed by atoms with E-state index in [2.05, 4.69) is 48.4 Å². The molecule has 1 unspecified atom stereocenters. The van der Waals surface area contributed by atoms with E-state index < -0.39 is 0 Å². The number of nitrogens with zero attached hydrogens (tertiary/aromatic N) is 2. The number of amidine groups is 1. The summed E-state index contributed by atoms with van der Waals surface area (Å²) in [6, 6.07) is 10.8. The molecule has 1 aromatic carbocycles. The predicted molar refractivity (Wildman–Crippen MR) is 151 cm³/mol. The molecule has 1 aromatic heterocycles. The van der Waals surface area contributed by atoms with E-state index in [-0.39, 0.29) is 17.7 Å². The van der Waals surface area contributed by atoms with Gasteiger partial charge in [0.15, 0.2) is 11.0 Å². The van der Waals surface area contributed by atoms with Crippen LogP contribution in [0.3, 0.4) is 0 Å². The number of hydrogen-bond donors (Lipinski definition) is 0. The molecule has 0 aliphatic heterocycles. The molecule has 0 spiro atoms. The van der Waals surface area contributed by atoms with Crippen LogP contribution in [0.2, 0.25) is 0 Å². The Hall–Kier alpha value is -1.92. The molecule has 5 rings (SSSR count). The zero-order valence-electron chi connectivity index (χ0n) is 21.6. The number of benzene rings is 1. The van der Waals surface area contributed by atoms with Crippen molar-refractivity contribution >= 4 is 39.8 Å². The summed E-state index contributed by atoms with van der Waals surface area (Å²) in [4.78, 5) is 36.2. The van der Waals surface area contributed by atoms with Crippen molar-refractivity contribution in [2.45, 2.75) is 83.7 Å². The fourth-order valence-electron chi connectivity index (χ4n) is 5.29. The van der Waals surface area contributed by atoms with Gasteiger partial charge in [0.1, 0.15) is 5.78 Å². The summed E-state index contributed by atoms with van der Waals surface area (Å²) < 4.78 is 0. The molecular weight excluding hydrogens is 484 g/mol. The average molecular weight is 523 g/mol. The van der Waals surface area contributed by atoms with Crippen LogP contribution in [0, 0.1) is 11.8 Å². The number of ketones is 2. The van der Waals surface area contributed by atoms with Gasteiger partial charge in [0, 0.05) is 47.2 Å². The number of fused-ring (bicyclic) bond motifs is 1. The molecule has 0 amide bonds. The van der Waals surface area contributed by atoms with Gasteiger partial charge >= 0.3 is 0 Å². The van der Waals surface area contributed by atoms with Gasteiger partial charge in [-0.1, -0.05) is 54.9 Å². The second kappa shape index (κ2) is 11.6. The van der Waals surface area contributed by atoms with Crippen LogP contribution < -0.4 is 0 Å². The van der Waals surface area contributed by atoms with Crippen molar-refractivity contribution in [2.75, 3.05) is 12.8 Å². The number of thiophene rings is 1. The first-order valence-electron chi connectivity index (χ1n) is 13.7. The molecule has 2 aromatic rings. The summed E-state index contributed by atoms with van der Waals surface area (Å²) in [5, 5.41) is 1.08. The number of hydrogen-bond acceptors (Lipinski definition) is 5. The molecule has 192 valence electrons. The van der Waals surface area contributed by atoms with Crippen molar-refractivity contribution in [1.29, 1.82) is 0 Å². The largest absolute Gasteiger partial charge is 0.347 e. The second-order valence-corrected chi connectivity index (χ2v) is 12.6. The van der Waals surface area contributed by atoms with E-state index in [1.807, 2.05) is 0 Å². The molecule has 4 nitrogen and oxygen atoms in total. The summed E-state index contributed by atoms with van der Waals surface area (Å²) in [5.74, 6) is 1.59. The SMILES string of the molecule is CCN(Cc1ccccc1)C(=NC1CCc2sc(CC(=O)C3CC3)c(C(=O)CCC3CC3)c2C1)SC. The lowest BCUT2D eigenvalue weighted by atomic mass is 9.88. The van der Waals surface area contributed by atoms with Gasteiger partial charge in [0.25, 0.3) is 0 Å². The van der Waals surface area contributed by atoms with Crippen LogP contribution in [-0.4, -0.2) is 40.5 Å². The maximum Gasteiger partial charge on any atom is 0.164 e. The first-order valence-corrected chi connectivity index (χ1v) is 15.7. The number of aryl methyl sites for hydroxylation is 1. The zero-order chi connectivity index (χ0) is 25.1. The normalized spacial score (nSPS) is 19.7. The molecule has 6 heteroatoms. The fraction of sp³-hybridized carbons (Fsp3) is 0.567. The molecule has 0 N–H and O–H groups in total. The highest BCUT2D eigenvalue weighted by Gasteiger charge is 2.34. The summed E-state index contributed by atoms with van der Waals surface area (Å²) >= 11 is 3.46. The third-order valence-corrected chi connectivity index (χ3v) is 9.80. The number of aliphatic imine (C=N–C) groups is 1. The topological polar surface area (TPSA) is 49.7 Å². The molecule has 3 aliphatic carbocycles. The third-order valence-electron chi connectivity index (χ3n) is 7.77. The Balaban J connectivity index is 1.36. The van der Waals surface area contributed by atoms with Gasteiger partial charge < -0.3 is 4.90 Å². The second-order valence-electron chi connectivity index (χ2n) is 10.6. The lowest BCUT2D eigenvalue weighted by molar-refractivity contribution is -0.119. The minimum atomic E-state index is 0.182. The Morgan fingerprint density at radius 2 is 1.89 bits per heavy atom. The van der Waals surface area contributed by atoms with Gasteiger partial charge in [-0.3, -0.25) is 14.6 Å². The van der Waals surface area contributed by atoms with Gasteiger partial charge in [-0.2, -0.15) is 0 Å². The van der Waals surface area contributed by atoms with E-state index in [9.17, 15) is 9.59 Å². The first-order chi connectivity index (χ1) is 17.6. The quantitative estimate of drug-likeness (QED) is 0.186. The Morgan fingerprint density at radius 3 is 2.56 bits per heavy atom. The van der Waals surface area contributed by atoms with Crippen LogP contribution in [0.1, 0.15) is 83.1 Å². The Labute approximate surface area is 224 Å². The standard InChI is InChI=1S/C30H38N2O2S2/c1-3-32(19-21-7-5-4-6-8-21)30(35-2)31-23-14-16-27-24(17-23)29(25(33)15-11-20-9-10-20)28(36-27)18-26(34)22-12-13-22/h4-8,20,22-23H,3,9-19H2,1-2H3. The molecule has 2 saturated carbocycles. The maximum atomic E-state index is 13.5. The maximum absolute atomic E-state index is 13.5. The van der Waals surface area contributed by atoms with Crippen molar-refractivity contribution < 1.29 is 9.59 Å². The number of Topliss-reactive ketones (excluding diaryl/α,β-unsaturated/α-hetero) is 2. The zero-order valence-corrected chi connectivity index (χ0v) is 23.3. The minimum absolute atomic E-state index is 0.182. The number of carbonyl (C=O) groups is 2. The van der Waals surface area contributed by atoms with Crippen molar-refractivity contribution in [3.05, 3.63) is 56.8 Å². The molecule has 3 aliphatic rings. The van der Waals surface area contributed by atoms with Crippen molar-refractivity contribution in [3.8, 4) is 0 Å². The smallest absolute Gasteiger partial charge is 0.164 e. The highest BCUT2D eigenvalue weighted by Crippen LogP contribution is 2.40. The fourth-order valence-corrected chi connectivity index (χ4v) is 7.38. The highest BCUT2D eigenvalue weighted by atomic mass is 32.2. The first kappa shape index (κ1) is 25.7. The Morgan fingerprint density at radius 1 is 1.11 bits per heavy atom. The summed E-state index contributed by atoms with van der Waals surface area (Å²) in [6.45, 7) is 3.95. The average Bonchev–Trinajstić information content (AvgIpc) is 3.82. The molecular formula is C30H38N2O2S2. The minimum Gasteiger partial charge on any atom is -0.347 e. The van der Waals surface area contributed by atoms with E-state index in [0.717, 1.165) is 73.1 Å². The van der Waals surface area contributed by atoms with E-state index in [1.165, 1.54) is 28.8 Å². The van der Waals surface area contributed by atoms with Crippen LogP contribution in [0.5, 0.6) is 0 Å². The van der Waals surface area contributed by atoms with E-state index in [4.69, 9.17) is 4.99 Å². The van der Waals surface area contributed by atoms with E-state index in [1.54, 1.807) is 23.1 Å². The van der Waals surface area contributed by atoms with Crippen LogP contribution >= 0.6 is 23.1 Å². The van der Waals surface area contributed by atoms with Crippen molar-refractivity contribution in [1.82, 2.24) is 4.90 Å². The van der Waals surface area contributed by atoms with Crippen LogP contribution in [0.25, 0.3) is 0 Å². The molecule has 36 heavy (non-hydrogen) atoms. The molecule has 1 atom stereocenters. The van der Waals surface area contributed by atoms with Crippen LogP contribution in [0.4, 0.5) is 0 Å². The lowest BCUT2D eigenvalue weighted by Gasteiger charge is -2.27. The third kappa shape index (κ3) is 6.31. The molecule has 2 fully saturated rings. The van der Waals surface area contributed by atoms with Crippen LogP contribution in [-0.2, 0) is 30.6 Å². The highest BCUT2D eigenvalue weighted by molar-refractivity contribution is 8.13. The van der Waals surface area contributed by atoms with Crippen molar-refractivity contribution in [2.24, 2.45) is 16.8 Å². The Kier molecular flexibility index (Phi) is 8.32. The Bertz CT molecular complexity index is 1120. The van der Waals surface area contributed by atoms with Gasteiger partial charge in [-0.15, -0.1) is 11.3 Å². The van der Waals surface area contributed by atoms with Gasteiger partial charge in [-0.05, 0) is 68.7 Å². The summed E-state index contributed by atoms with van der Waals surface area (Å²) in [5.41, 5.74) is 3.41. The summed E-state index contributed by atoms with van der Waals surface area (Å²) in [6.07, 6.45) is 11.6. The van der Waals surface area contributed by atoms with Gasteiger partial charge in [-0.25, -0.2) is 0 Å². The monoisotopic (exact) mass is 522 g/mol. The molecule has 1 heterocycles. The number of thioether (sulfide) groups is 1. The van der Waals surface area contributed by atoms with Gasteiger partial charge in [0.2, 0.25) is 0 Å². The van der Waals surface area contributed by atoms with E-state index in [0.29, 0.717) is 18.6 Å². The molecule has 0 radical (unpaired) electrons. The summed E-state index contributed by atoms with van der Waals surface area (Å²) in [7, 11) is 0. The van der Waals surface area contributed by atoms with Crippen LogP contribution in [0.15, 0.2) is 35.3 Å². The number of carbonyl (C=O) groups excluding carboxylic acids is 2. The van der Waals surface area contributed by atoms with Crippen molar-refractivity contribution in [3.63, 3.8) is 0 Å². The molecule has 0 saturated heterocycles. The lowest BCUT2D eigenvalue weighted by Crippen LogP contribution is -2.30. The number of rotatable bonds is 11. The molecule has 0 bridgehead atoms. The van der Waals surface area contributed by atoms with E-state index >= 15 is 0 Å². The predicted octanol–water partition coefficient (Wildman–Crippen LogP) is 6.74. The van der Waals surface area contributed by atoms with Gasteiger partial charge in [0.05, 0.1) is 6.04 Å².